The Labute approximate surface area is 173 Å². The van der Waals surface area contributed by atoms with Crippen molar-refractivity contribution in [2.24, 2.45) is 5.92 Å². The van der Waals surface area contributed by atoms with Gasteiger partial charge in [0.25, 0.3) is 5.91 Å². The minimum absolute atomic E-state index is 0.0156. The van der Waals surface area contributed by atoms with Gasteiger partial charge >= 0.3 is 0 Å². The molecule has 1 aromatic heterocycles. The molecule has 2 N–H and O–H groups in total. The average molecular weight is 413 g/mol. The largest absolute Gasteiger partial charge is 0.345 e. The predicted octanol–water partition coefficient (Wildman–Crippen LogP) is 1.99. The highest BCUT2D eigenvalue weighted by Gasteiger charge is 2.36. The maximum absolute atomic E-state index is 13.7. The number of aromatic amines is 1. The fraction of sp³-hybridized carbons (Fsp3) is 0.429. The smallest absolute Gasteiger partial charge is 0.276 e. The topological polar surface area (TPSA) is 98.4 Å². The van der Waals surface area contributed by atoms with Gasteiger partial charge < -0.3 is 15.1 Å². The van der Waals surface area contributed by atoms with Crippen molar-refractivity contribution in [1.29, 1.82) is 0 Å². The molecule has 30 heavy (non-hydrogen) atoms. The molecule has 158 valence electrons. The summed E-state index contributed by atoms with van der Waals surface area (Å²) in [6, 6.07) is 7.65. The van der Waals surface area contributed by atoms with Crippen molar-refractivity contribution < 1.29 is 18.8 Å². The van der Waals surface area contributed by atoms with Crippen LogP contribution in [0, 0.1) is 11.7 Å². The molecule has 3 amide bonds. The summed E-state index contributed by atoms with van der Waals surface area (Å²) in [7, 11) is 1.72. The molecule has 8 nitrogen and oxygen atoms in total. The van der Waals surface area contributed by atoms with Crippen molar-refractivity contribution in [1.82, 2.24) is 20.0 Å². The number of likely N-dealkylation sites (tertiary alicyclic amines) is 2. The minimum Gasteiger partial charge on any atom is -0.345 e. The van der Waals surface area contributed by atoms with Gasteiger partial charge in [-0.1, -0.05) is 12.1 Å². The number of nitrogens with zero attached hydrogens (tertiary/aromatic N) is 3. The third-order valence-corrected chi connectivity index (χ3v) is 5.89. The molecule has 3 heterocycles. The van der Waals surface area contributed by atoms with Gasteiger partial charge in [-0.25, -0.2) is 4.39 Å². The van der Waals surface area contributed by atoms with Gasteiger partial charge in [0, 0.05) is 44.7 Å². The van der Waals surface area contributed by atoms with Crippen molar-refractivity contribution >= 4 is 23.4 Å². The number of halogens is 1. The highest BCUT2D eigenvalue weighted by atomic mass is 19.1. The van der Waals surface area contributed by atoms with Crippen LogP contribution in [-0.4, -0.2) is 64.4 Å². The average Bonchev–Trinajstić information content (AvgIpc) is 3.37. The summed E-state index contributed by atoms with van der Waals surface area (Å²) in [6.45, 7) is 1.69. The van der Waals surface area contributed by atoms with Gasteiger partial charge in [0.1, 0.15) is 5.82 Å². The molecule has 1 unspecified atom stereocenters. The molecule has 9 heteroatoms. The zero-order valence-corrected chi connectivity index (χ0v) is 16.7. The molecule has 2 aliphatic rings. The second-order valence-electron chi connectivity index (χ2n) is 7.92. The van der Waals surface area contributed by atoms with E-state index >= 15 is 0 Å². The van der Waals surface area contributed by atoms with Crippen molar-refractivity contribution in [2.75, 3.05) is 32.0 Å². The zero-order valence-electron chi connectivity index (χ0n) is 16.7. The maximum atomic E-state index is 13.7. The van der Waals surface area contributed by atoms with E-state index in [0.29, 0.717) is 19.6 Å². The Morgan fingerprint density at radius 3 is 2.63 bits per heavy atom. The van der Waals surface area contributed by atoms with Crippen LogP contribution in [0.2, 0.25) is 0 Å². The number of anilines is 1. The number of H-pyrrole nitrogens is 1. The number of para-hydroxylation sites is 1. The second-order valence-corrected chi connectivity index (χ2v) is 7.92. The summed E-state index contributed by atoms with van der Waals surface area (Å²) in [5.41, 5.74) is 1.13. The third kappa shape index (κ3) is 4.05. The van der Waals surface area contributed by atoms with Gasteiger partial charge in [0.05, 0.1) is 11.6 Å². The van der Waals surface area contributed by atoms with E-state index in [1.54, 1.807) is 30.1 Å². The highest BCUT2D eigenvalue weighted by Crippen LogP contribution is 2.29. The Hall–Kier alpha value is -3.23. The maximum Gasteiger partial charge on any atom is 0.276 e. The Balaban J connectivity index is 1.33. The van der Waals surface area contributed by atoms with E-state index in [1.165, 1.54) is 12.1 Å². The van der Waals surface area contributed by atoms with Gasteiger partial charge in [-0.15, -0.1) is 0 Å². The molecule has 1 atom stereocenters. The quantitative estimate of drug-likeness (QED) is 0.801. The van der Waals surface area contributed by atoms with E-state index < -0.39 is 11.7 Å². The number of carbonyl (C=O) groups is 3. The lowest BCUT2D eigenvalue weighted by Gasteiger charge is -2.33. The van der Waals surface area contributed by atoms with Crippen LogP contribution in [0.25, 0.3) is 0 Å². The van der Waals surface area contributed by atoms with E-state index in [9.17, 15) is 18.8 Å². The Morgan fingerprint density at radius 2 is 1.97 bits per heavy atom. The summed E-state index contributed by atoms with van der Waals surface area (Å²) in [6.07, 6.45) is 1.79. The summed E-state index contributed by atoms with van der Waals surface area (Å²) >= 11 is 0. The lowest BCUT2D eigenvalue weighted by molar-refractivity contribution is -0.136. The van der Waals surface area contributed by atoms with Crippen LogP contribution in [-0.2, 0) is 9.59 Å². The van der Waals surface area contributed by atoms with E-state index in [2.05, 4.69) is 15.5 Å². The lowest BCUT2D eigenvalue weighted by atomic mass is 9.92. The number of hydrogen-bond donors (Lipinski definition) is 2. The molecule has 2 fully saturated rings. The van der Waals surface area contributed by atoms with Crippen LogP contribution in [0.5, 0.6) is 0 Å². The Morgan fingerprint density at radius 1 is 1.23 bits per heavy atom. The van der Waals surface area contributed by atoms with Gasteiger partial charge in [-0.3, -0.25) is 19.5 Å². The van der Waals surface area contributed by atoms with Gasteiger partial charge in [-0.05, 0) is 31.0 Å². The molecule has 0 aliphatic carbocycles. The van der Waals surface area contributed by atoms with Crippen LogP contribution in [0.4, 0.5) is 10.1 Å². The number of rotatable bonds is 4. The van der Waals surface area contributed by atoms with Crippen molar-refractivity contribution in [3.05, 3.63) is 47.5 Å². The first kappa shape index (κ1) is 20.1. The van der Waals surface area contributed by atoms with Crippen molar-refractivity contribution in [3.8, 4) is 0 Å². The fourth-order valence-corrected chi connectivity index (χ4v) is 4.11. The number of amides is 3. The lowest BCUT2D eigenvalue weighted by Crippen LogP contribution is -2.42. The van der Waals surface area contributed by atoms with Gasteiger partial charge in [0.2, 0.25) is 11.8 Å². The molecule has 0 saturated carbocycles. The molecule has 2 saturated heterocycles. The molecule has 2 aromatic rings. The van der Waals surface area contributed by atoms with E-state index in [0.717, 1.165) is 18.5 Å². The van der Waals surface area contributed by atoms with E-state index in [-0.39, 0.29) is 41.5 Å². The predicted molar refractivity (Wildman–Crippen MR) is 107 cm³/mol. The third-order valence-electron chi connectivity index (χ3n) is 5.89. The number of hydrogen-bond acceptors (Lipinski definition) is 4. The minimum atomic E-state index is -0.506. The van der Waals surface area contributed by atoms with Gasteiger partial charge in [-0.2, -0.15) is 5.10 Å². The number of aromatic nitrogens is 2. The molecule has 4 rings (SSSR count). The molecule has 0 bridgehead atoms. The normalized spacial score (nSPS) is 19.9. The fourth-order valence-electron chi connectivity index (χ4n) is 4.11. The molecule has 2 aliphatic heterocycles. The number of carbonyl (C=O) groups excluding carboxylic acids is 3. The summed E-state index contributed by atoms with van der Waals surface area (Å²) in [4.78, 5) is 40.2. The highest BCUT2D eigenvalue weighted by molar-refractivity contribution is 6.03. The monoisotopic (exact) mass is 413 g/mol. The van der Waals surface area contributed by atoms with Crippen LogP contribution in [0.3, 0.4) is 0 Å². The van der Waals surface area contributed by atoms with Crippen molar-refractivity contribution in [2.45, 2.75) is 25.2 Å². The number of piperidine rings is 1. The second kappa shape index (κ2) is 8.25. The van der Waals surface area contributed by atoms with Crippen LogP contribution >= 0.6 is 0 Å². The first-order valence-corrected chi connectivity index (χ1v) is 10.1. The number of benzene rings is 1. The Kier molecular flexibility index (Phi) is 5.52. The zero-order chi connectivity index (χ0) is 21.3. The van der Waals surface area contributed by atoms with Crippen LogP contribution in [0.15, 0.2) is 30.3 Å². The SMILES string of the molecule is CN1CC(C(=O)N2CCC(c3cc(C(=O)Nc4ccccc4F)n[nH]3)CC2)CC1=O. The first-order chi connectivity index (χ1) is 14.4. The van der Waals surface area contributed by atoms with E-state index in [1.807, 2.05) is 4.90 Å². The van der Waals surface area contributed by atoms with Crippen LogP contribution < -0.4 is 5.32 Å². The first-order valence-electron chi connectivity index (χ1n) is 10.1. The molecule has 1 aromatic carbocycles. The summed E-state index contributed by atoms with van der Waals surface area (Å²) in [5, 5.41) is 9.50. The standard InChI is InChI=1S/C21H24FN5O3/c1-26-12-14(10-19(26)28)21(30)27-8-6-13(7-9-27)17-11-18(25-24-17)20(29)23-16-5-3-2-4-15(16)22/h2-5,11,13-14H,6-10,12H2,1H3,(H,23,29)(H,24,25). The van der Waals surface area contributed by atoms with Crippen molar-refractivity contribution in [3.63, 3.8) is 0 Å². The molecule has 0 spiro atoms. The molecular formula is C21H24FN5O3. The summed E-state index contributed by atoms with van der Waals surface area (Å²) < 4.78 is 13.7. The van der Waals surface area contributed by atoms with E-state index in [4.69, 9.17) is 0 Å². The van der Waals surface area contributed by atoms with Gasteiger partial charge in [0.15, 0.2) is 5.69 Å². The molecular weight excluding hydrogens is 389 g/mol. The molecule has 0 radical (unpaired) electrons. The summed E-state index contributed by atoms with van der Waals surface area (Å²) in [5.74, 6) is -1.02. The Bertz CT molecular complexity index is 967. The number of nitrogens with one attached hydrogen (secondary N) is 2. The van der Waals surface area contributed by atoms with Crippen LogP contribution in [0.1, 0.15) is 41.4 Å².